The lowest BCUT2D eigenvalue weighted by atomic mass is 9.89. The van der Waals surface area contributed by atoms with Gasteiger partial charge in [0.05, 0.1) is 0 Å². The van der Waals surface area contributed by atoms with E-state index in [1.165, 1.54) is 0 Å². The molecule has 0 saturated carbocycles. The number of piperidine rings is 1. The Bertz CT molecular complexity index is 406. The molecule has 1 saturated heterocycles. The predicted octanol–water partition coefficient (Wildman–Crippen LogP) is 1.79. The van der Waals surface area contributed by atoms with Gasteiger partial charge >= 0.3 is 0 Å². The molecule has 4 heteroatoms. The molecule has 86 valence electrons. The van der Waals surface area contributed by atoms with Gasteiger partial charge in [0.15, 0.2) is 0 Å². The molecule has 1 aliphatic rings. The van der Waals surface area contributed by atoms with Crippen molar-refractivity contribution in [2.24, 2.45) is 5.73 Å². The van der Waals surface area contributed by atoms with Crippen molar-refractivity contribution >= 4 is 17.5 Å². The van der Waals surface area contributed by atoms with Gasteiger partial charge in [0.25, 0.3) is 0 Å². The van der Waals surface area contributed by atoms with Crippen LogP contribution >= 0.6 is 11.6 Å². The Morgan fingerprint density at radius 1 is 1.50 bits per heavy atom. The van der Waals surface area contributed by atoms with Crippen molar-refractivity contribution in [3.8, 4) is 0 Å². The minimum atomic E-state index is 0.107. The second-order valence-electron chi connectivity index (χ2n) is 4.10. The van der Waals surface area contributed by atoms with E-state index in [9.17, 15) is 4.79 Å². The Morgan fingerprint density at radius 2 is 2.31 bits per heavy atom. The third-order valence-electron chi connectivity index (χ3n) is 2.99. The lowest BCUT2D eigenvalue weighted by Gasteiger charge is -2.23. The Labute approximate surface area is 100.0 Å². The highest BCUT2D eigenvalue weighted by atomic mass is 35.5. The monoisotopic (exact) mass is 238 g/mol. The lowest BCUT2D eigenvalue weighted by Crippen LogP contribution is -2.32. The Hall–Kier alpha value is -1.06. The summed E-state index contributed by atoms with van der Waals surface area (Å²) in [5, 5.41) is 3.55. The molecule has 0 bridgehead atoms. The first-order valence-corrected chi connectivity index (χ1v) is 5.83. The summed E-state index contributed by atoms with van der Waals surface area (Å²) < 4.78 is 0. The molecule has 0 radical (unpaired) electrons. The third-order valence-corrected chi connectivity index (χ3v) is 3.31. The van der Waals surface area contributed by atoms with Crippen LogP contribution in [0.4, 0.5) is 0 Å². The van der Waals surface area contributed by atoms with Gasteiger partial charge < -0.3 is 11.1 Å². The highest BCUT2D eigenvalue weighted by Gasteiger charge is 2.22. The molecule has 1 aromatic rings. The number of carbonyl (C=O) groups is 1. The molecule has 1 aliphatic heterocycles. The van der Waals surface area contributed by atoms with Crippen LogP contribution in [0.5, 0.6) is 0 Å². The highest BCUT2D eigenvalue weighted by Crippen LogP contribution is 2.31. The minimum absolute atomic E-state index is 0.107. The summed E-state index contributed by atoms with van der Waals surface area (Å²) in [4.78, 5) is 11.3. The fraction of sp³-hybridized carbons (Fsp3) is 0.417. The summed E-state index contributed by atoms with van der Waals surface area (Å²) in [5.41, 5.74) is 7.63. The lowest BCUT2D eigenvalue weighted by molar-refractivity contribution is -0.122. The van der Waals surface area contributed by atoms with E-state index in [0.29, 0.717) is 13.0 Å². The summed E-state index contributed by atoms with van der Waals surface area (Å²) in [6.07, 6.45) is 1.48. The van der Waals surface area contributed by atoms with Gasteiger partial charge in [-0.05, 0) is 29.5 Å². The second-order valence-corrected chi connectivity index (χ2v) is 4.51. The number of hydrogen-bond donors (Lipinski definition) is 2. The van der Waals surface area contributed by atoms with E-state index in [0.717, 1.165) is 29.1 Å². The smallest absolute Gasteiger partial charge is 0.220 e. The van der Waals surface area contributed by atoms with Crippen LogP contribution in [0.15, 0.2) is 18.2 Å². The van der Waals surface area contributed by atoms with E-state index in [-0.39, 0.29) is 11.8 Å². The number of rotatable bonds is 2. The number of halogens is 1. The molecule has 0 aliphatic carbocycles. The van der Waals surface area contributed by atoms with Gasteiger partial charge in [-0.25, -0.2) is 0 Å². The standard InChI is InChI=1S/C12H15ClN2O/c13-11-5-8(7-14)1-2-10(11)9-3-4-15-12(16)6-9/h1-2,5,9H,3-4,6-7,14H2,(H,15,16). The molecule has 1 fully saturated rings. The Kier molecular flexibility index (Phi) is 3.46. The summed E-state index contributed by atoms with van der Waals surface area (Å²) in [6, 6.07) is 5.87. The van der Waals surface area contributed by atoms with Crippen molar-refractivity contribution in [3.05, 3.63) is 34.3 Å². The van der Waals surface area contributed by atoms with Gasteiger partial charge in [-0.3, -0.25) is 4.79 Å². The molecule has 0 spiro atoms. The SMILES string of the molecule is NCc1ccc(C2CCNC(=O)C2)c(Cl)c1. The number of nitrogens with one attached hydrogen (secondary N) is 1. The molecule has 3 N–H and O–H groups in total. The van der Waals surface area contributed by atoms with Crippen molar-refractivity contribution in [3.63, 3.8) is 0 Å². The molecular formula is C12H15ClN2O. The van der Waals surface area contributed by atoms with Gasteiger partial charge in [0, 0.05) is 24.5 Å². The molecule has 1 unspecified atom stereocenters. The van der Waals surface area contributed by atoms with Crippen LogP contribution in [0, 0.1) is 0 Å². The first-order valence-electron chi connectivity index (χ1n) is 5.46. The highest BCUT2D eigenvalue weighted by molar-refractivity contribution is 6.31. The van der Waals surface area contributed by atoms with Gasteiger partial charge in [0.2, 0.25) is 5.91 Å². The molecule has 0 aromatic heterocycles. The molecule has 2 rings (SSSR count). The second kappa shape index (κ2) is 4.85. The maximum absolute atomic E-state index is 11.3. The number of benzene rings is 1. The zero-order valence-corrected chi connectivity index (χ0v) is 9.76. The van der Waals surface area contributed by atoms with Crippen molar-refractivity contribution in [1.82, 2.24) is 5.32 Å². The van der Waals surface area contributed by atoms with Gasteiger partial charge in [-0.15, -0.1) is 0 Å². The Morgan fingerprint density at radius 3 is 2.94 bits per heavy atom. The average Bonchev–Trinajstić information content (AvgIpc) is 2.28. The Balaban J connectivity index is 2.22. The maximum atomic E-state index is 11.3. The van der Waals surface area contributed by atoms with Crippen molar-refractivity contribution in [1.29, 1.82) is 0 Å². The molecule has 1 aromatic carbocycles. The van der Waals surface area contributed by atoms with Gasteiger partial charge in [0.1, 0.15) is 0 Å². The van der Waals surface area contributed by atoms with E-state index in [2.05, 4.69) is 5.32 Å². The van der Waals surface area contributed by atoms with Crippen LogP contribution in [0.3, 0.4) is 0 Å². The van der Waals surface area contributed by atoms with E-state index >= 15 is 0 Å². The third kappa shape index (κ3) is 2.36. The zero-order valence-electron chi connectivity index (χ0n) is 9.00. The van der Waals surface area contributed by atoms with Crippen LogP contribution in [0.1, 0.15) is 29.9 Å². The van der Waals surface area contributed by atoms with Gasteiger partial charge in [-0.1, -0.05) is 23.7 Å². The minimum Gasteiger partial charge on any atom is -0.356 e. The largest absolute Gasteiger partial charge is 0.356 e. The van der Waals surface area contributed by atoms with Crippen molar-refractivity contribution in [2.75, 3.05) is 6.54 Å². The average molecular weight is 239 g/mol. The number of amides is 1. The van der Waals surface area contributed by atoms with Crippen molar-refractivity contribution < 1.29 is 4.79 Å². The summed E-state index contributed by atoms with van der Waals surface area (Å²) in [5.74, 6) is 0.350. The van der Waals surface area contributed by atoms with Gasteiger partial charge in [-0.2, -0.15) is 0 Å². The fourth-order valence-electron chi connectivity index (χ4n) is 2.08. The number of hydrogen-bond acceptors (Lipinski definition) is 2. The normalized spacial score (nSPS) is 20.6. The molecule has 1 heterocycles. The molecular weight excluding hydrogens is 224 g/mol. The quantitative estimate of drug-likeness (QED) is 0.826. The maximum Gasteiger partial charge on any atom is 0.220 e. The van der Waals surface area contributed by atoms with Crippen LogP contribution in [-0.2, 0) is 11.3 Å². The van der Waals surface area contributed by atoms with Crippen LogP contribution < -0.4 is 11.1 Å². The van der Waals surface area contributed by atoms with Crippen molar-refractivity contribution in [2.45, 2.75) is 25.3 Å². The van der Waals surface area contributed by atoms with Crippen LogP contribution in [0.25, 0.3) is 0 Å². The summed E-state index contributed by atoms with van der Waals surface area (Å²) in [6.45, 7) is 1.23. The van der Waals surface area contributed by atoms with E-state index < -0.39 is 0 Å². The first kappa shape index (κ1) is 11.4. The fourth-order valence-corrected chi connectivity index (χ4v) is 2.44. The molecule has 1 amide bonds. The number of nitrogens with two attached hydrogens (primary N) is 1. The topological polar surface area (TPSA) is 55.1 Å². The first-order chi connectivity index (χ1) is 7.70. The zero-order chi connectivity index (χ0) is 11.5. The predicted molar refractivity (Wildman–Crippen MR) is 64.3 cm³/mol. The molecule has 1 atom stereocenters. The number of carbonyl (C=O) groups excluding carboxylic acids is 1. The van der Waals surface area contributed by atoms with Crippen LogP contribution in [-0.4, -0.2) is 12.5 Å². The summed E-state index contributed by atoms with van der Waals surface area (Å²) >= 11 is 6.20. The summed E-state index contributed by atoms with van der Waals surface area (Å²) in [7, 11) is 0. The van der Waals surface area contributed by atoms with Crippen LogP contribution in [0.2, 0.25) is 5.02 Å². The molecule has 3 nitrogen and oxygen atoms in total. The van der Waals surface area contributed by atoms with E-state index in [1.807, 2.05) is 18.2 Å². The molecule has 16 heavy (non-hydrogen) atoms. The van der Waals surface area contributed by atoms with E-state index in [4.69, 9.17) is 17.3 Å². The van der Waals surface area contributed by atoms with E-state index in [1.54, 1.807) is 0 Å².